The van der Waals surface area contributed by atoms with Gasteiger partial charge in [0.15, 0.2) is 0 Å². The number of aliphatic carboxylic acids is 1. The summed E-state index contributed by atoms with van der Waals surface area (Å²) < 4.78 is 74.5. The van der Waals surface area contributed by atoms with Gasteiger partial charge in [0.25, 0.3) is 0 Å². The predicted octanol–water partition coefficient (Wildman–Crippen LogP) is 5.35. The molecular weight excluding hydrogens is 402 g/mol. The summed E-state index contributed by atoms with van der Waals surface area (Å²) in [7, 11) is 0. The number of benzene rings is 2. The van der Waals surface area contributed by atoms with Crippen LogP contribution >= 0.6 is 0 Å². The molecule has 2 aromatic rings. The number of halogens is 6. The van der Waals surface area contributed by atoms with Gasteiger partial charge in [0.05, 0.1) is 11.1 Å². The van der Waals surface area contributed by atoms with Crippen LogP contribution in [0.15, 0.2) is 48.5 Å². The molecule has 0 saturated carbocycles. The lowest BCUT2D eigenvalue weighted by Crippen LogP contribution is -2.10. The Morgan fingerprint density at radius 2 is 1.17 bits per heavy atom. The van der Waals surface area contributed by atoms with Gasteiger partial charge < -0.3 is 10.2 Å². The molecule has 0 unspecified atom stereocenters. The Hall–Kier alpha value is -2.55. The van der Waals surface area contributed by atoms with Crippen molar-refractivity contribution in [2.45, 2.75) is 38.0 Å². The van der Waals surface area contributed by atoms with Crippen molar-refractivity contribution >= 4 is 5.97 Å². The van der Waals surface area contributed by atoms with Crippen LogP contribution in [0.5, 0.6) is 0 Å². The molecular formula is C20H20F6O3. The first-order chi connectivity index (χ1) is 13.5. The zero-order valence-corrected chi connectivity index (χ0v) is 15.2. The number of aliphatic hydroxyl groups is 1. The van der Waals surface area contributed by atoms with Gasteiger partial charge in [-0.05, 0) is 42.5 Å². The highest BCUT2D eigenvalue weighted by molar-refractivity contribution is 5.67. The van der Waals surface area contributed by atoms with Crippen LogP contribution in [0.2, 0.25) is 0 Å². The molecule has 0 radical (unpaired) electrons. The molecule has 0 heterocycles. The van der Waals surface area contributed by atoms with Crippen LogP contribution < -0.4 is 0 Å². The van der Waals surface area contributed by atoms with Gasteiger partial charge in [0, 0.05) is 13.0 Å². The Morgan fingerprint density at radius 3 is 1.55 bits per heavy atom. The lowest BCUT2D eigenvalue weighted by molar-refractivity contribution is -0.140. The summed E-state index contributed by atoms with van der Waals surface area (Å²) in [6.07, 6.45) is -8.52. The summed E-state index contributed by atoms with van der Waals surface area (Å²) in [5.41, 5.74) is -1.10. The van der Waals surface area contributed by atoms with Gasteiger partial charge in [-0.1, -0.05) is 36.4 Å². The second kappa shape index (κ2) is 10.8. The molecule has 9 heteroatoms. The van der Waals surface area contributed by atoms with E-state index in [1.54, 1.807) is 6.07 Å². The quantitative estimate of drug-likeness (QED) is 0.617. The van der Waals surface area contributed by atoms with Gasteiger partial charge in [-0.2, -0.15) is 26.3 Å². The van der Waals surface area contributed by atoms with Crippen LogP contribution in [0, 0.1) is 0 Å². The monoisotopic (exact) mass is 422 g/mol. The molecule has 0 aromatic heterocycles. The summed E-state index contributed by atoms with van der Waals surface area (Å²) in [6.45, 7) is -0.0911. The van der Waals surface area contributed by atoms with Gasteiger partial charge in [-0.25, -0.2) is 0 Å². The lowest BCUT2D eigenvalue weighted by atomic mass is 10.0. The molecule has 0 aliphatic rings. The Balaban J connectivity index is 0.000000291. The fourth-order valence-corrected chi connectivity index (χ4v) is 2.54. The van der Waals surface area contributed by atoms with Crippen molar-refractivity contribution in [1.82, 2.24) is 0 Å². The smallest absolute Gasteiger partial charge is 0.416 e. The molecule has 0 amide bonds. The highest BCUT2D eigenvalue weighted by Crippen LogP contribution is 2.33. The fourth-order valence-electron chi connectivity index (χ4n) is 2.54. The molecule has 160 valence electrons. The van der Waals surface area contributed by atoms with E-state index in [-0.39, 0.29) is 37.0 Å². The molecule has 29 heavy (non-hydrogen) atoms. The van der Waals surface area contributed by atoms with E-state index in [1.807, 2.05) is 0 Å². The maximum Gasteiger partial charge on any atom is 0.416 e. The SMILES string of the molecule is O=C(O)CCc1ccccc1C(F)(F)F.OCCCc1ccccc1C(F)(F)F. The van der Waals surface area contributed by atoms with Crippen molar-refractivity contribution < 1.29 is 41.4 Å². The fraction of sp³-hybridized carbons (Fsp3) is 0.350. The number of carboxylic acids is 1. The number of alkyl halides is 6. The highest BCUT2D eigenvalue weighted by atomic mass is 19.4. The summed E-state index contributed by atoms with van der Waals surface area (Å²) in [4.78, 5) is 10.3. The number of rotatable bonds is 6. The average Bonchev–Trinajstić information content (AvgIpc) is 2.64. The third-order valence-corrected chi connectivity index (χ3v) is 3.86. The molecule has 0 atom stereocenters. The summed E-state index contributed by atoms with van der Waals surface area (Å²) >= 11 is 0. The highest BCUT2D eigenvalue weighted by Gasteiger charge is 2.33. The maximum absolute atomic E-state index is 12.4. The van der Waals surface area contributed by atoms with Gasteiger partial charge in [-0.15, -0.1) is 0 Å². The molecule has 0 spiro atoms. The topological polar surface area (TPSA) is 57.5 Å². The molecule has 0 aliphatic carbocycles. The van der Waals surface area contributed by atoms with Gasteiger partial charge in [0.2, 0.25) is 0 Å². The first-order valence-corrected chi connectivity index (χ1v) is 8.59. The van der Waals surface area contributed by atoms with E-state index in [9.17, 15) is 31.1 Å². The molecule has 3 nitrogen and oxygen atoms in total. The Morgan fingerprint density at radius 1 is 0.759 bits per heavy atom. The number of aliphatic hydroxyl groups excluding tert-OH is 1. The third-order valence-electron chi connectivity index (χ3n) is 3.86. The van der Waals surface area contributed by atoms with Crippen molar-refractivity contribution in [2.75, 3.05) is 6.61 Å². The number of hydrogen-bond acceptors (Lipinski definition) is 2. The Bertz CT molecular complexity index is 784. The summed E-state index contributed by atoms with van der Waals surface area (Å²) in [5, 5.41) is 16.9. The maximum atomic E-state index is 12.4. The number of hydrogen-bond donors (Lipinski definition) is 2. The van der Waals surface area contributed by atoms with Crippen molar-refractivity contribution in [3.8, 4) is 0 Å². The van der Waals surface area contributed by atoms with E-state index in [4.69, 9.17) is 10.2 Å². The molecule has 0 bridgehead atoms. The van der Waals surface area contributed by atoms with Gasteiger partial charge in [-0.3, -0.25) is 4.79 Å². The average molecular weight is 422 g/mol. The van der Waals surface area contributed by atoms with Gasteiger partial charge >= 0.3 is 18.3 Å². The largest absolute Gasteiger partial charge is 0.481 e. The van der Waals surface area contributed by atoms with E-state index < -0.39 is 29.4 Å². The van der Waals surface area contributed by atoms with E-state index in [0.29, 0.717) is 6.42 Å². The molecule has 2 rings (SSSR count). The Labute approximate surface area is 163 Å². The lowest BCUT2D eigenvalue weighted by Gasteiger charge is -2.11. The predicted molar refractivity (Wildman–Crippen MR) is 94.3 cm³/mol. The third kappa shape index (κ3) is 8.55. The van der Waals surface area contributed by atoms with Crippen molar-refractivity contribution in [3.05, 3.63) is 70.8 Å². The minimum atomic E-state index is -4.42. The first-order valence-electron chi connectivity index (χ1n) is 8.59. The van der Waals surface area contributed by atoms with Crippen molar-refractivity contribution in [1.29, 1.82) is 0 Å². The van der Waals surface area contributed by atoms with Crippen LogP contribution in [-0.2, 0) is 30.0 Å². The zero-order chi connectivity index (χ0) is 22.1. The van der Waals surface area contributed by atoms with Crippen molar-refractivity contribution in [3.63, 3.8) is 0 Å². The zero-order valence-electron chi connectivity index (χ0n) is 15.2. The number of carbonyl (C=O) groups is 1. The van der Waals surface area contributed by atoms with E-state index in [0.717, 1.165) is 12.1 Å². The van der Waals surface area contributed by atoms with Gasteiger partial charge in [0.1, 0.15) is 0 Å². The van der Waals surface area contributed by atoms with Crippen LogP contribution in [0.25, 0.3) is 0 Å². The number of aryl methyl sites for hydroxylation is 2. The first kappa shape index (κ1) is 24.5. The minimum Gasteiger partial charge on any atom is -0.481 e. The van der Waals surface area contributed by atoms with Crippen LogP contribution in [0.4, 0.5) is 26.3 Å². The van der Waals surface area contributed by atoms with Crippen LogP contribution in [0.1, 0.15) is 35.1 Å². The second-order valence-corrected chi connectivity index (χ2v) is 6.03. The van der Waals surface area contributed by atoms with Crippen LogP contribution in [0.3, 0.4) is 0 Å². The molecule has 2 N–H and O–H groups in total. The molecule has 0 fully saturated rings. The van der Waals surface area contributed by atoms with Crippen molar-refractivity contribution in [2.24, 2.45) is 0 Å². The molecule has 0 saturated heterocycles. The van der Waals surface area contributed by atoms with Crippen LogP contribution in [-0.4, -0.2) is 22.8 Å². The summed E-state index contributed by atoms with van der Waals surface area (Å²) in [5.74, 6) is -1.10. The second-order valence-electron chi connectivity index (χ2n) is 6.03. The normalized spacial score (nSPS) is 11.6. The minimum absolute atomic E-state index is 0.0207. The van der Waals surface area contributed by atoms with E-state index in [1.165, 1.54) is 30.3 Å². The standard InChI is InChI=1S/C10H9F3O2.C10H11F3O/c11-10(12,13)8-4-2-1-3-7(8)5-6-9(14)15;11-10(12,13)9-6-2-1-4-8(9)5-3-7-14/h1-4H,5-6H2,(H,14,15);1-2,4,6,14H,3,5,7H2. The van der Waals surface area contributed by atoms with E-state index in [2.05, 4.69) is 0 Å². The molecule has 2 aromatic carbocycles. The molecule has 0 aliphatic heterocycles. The number of carboxylic acid groups (broad SMARTS) is 1. The summed E-state index contributed by atoms with van der Waals surface area (Å²) in [6, 6.07) is 10.4. The van der Waals surface area contributed by atoms with E-state index >= 15 is 0 Å². The Kier molecular flexibility index (Phi) is 9.16.